The van der Waals surface area contributed by atoms with Crippen LogP contribution < -0.4 is 0 Å². The number of hydrogen-bond donors (Lipinski definition) is 0. The van der Waals surface area contributed by atoms with E-state index in [4.69, 9.17) is 0 Å². The van der Waals surface area contributed by atoms with Gasteiger partial charge in [-0.1, -0.05) is 0 Å². The molecule has 0 aromatic rings. The van der Waals surface area contributed by atoms with Crippen molar-refractivity contribution in [1.29, 1.82) is 0 Å². The molecule has 0 spiro atoms. The molecule has 236 valence electrons. The summed E-state index contributed by atoms with van der Waals surface area (Å²) in [7, 11) is 0. The zero-order chi connectivity index (χ0) is 32.7. The lowest BCUT2D eigenvalue weighted by molar-refractivity contribution is -0.510. The van der Waals surface area contributed by atoms with Gasteiger partial charge in [0.15, 0.2) is 0 Å². The second-order valence-corrected chi connectivity index (χ2v) is 6.78. The molecule has 0 N–H and O–H groups in total. The van der Waals surface area contributed by atoms with Crippen molar-refractivity contribution in [3.8, 4) is 0 Å². The summed E-state index contributed by atoms with van der Waals surface area (Å²) in [5.74, 6) is -44.6. The van der Waals surface area contributed by atoms with Gasteiger partial charge >= 0.3 is 66.3 Å². The molecular formula is C12HF26N. The number of alkyl halides is 26. The monoisotopic (exact) mass is 653 g/mol. The molecule has 0 saturated carbocycles. The van der Waals surface area contributed by atoms with E-state index in [0.717, 1.165) is 0 Å². The van der Waals surface area contributed by atoms with Gasteiger partial charge in [0.1, 0.15) is 0 Å². The van der Waals surface area contributed by atoms with Crippen LogP contribution in [0.25, 0.3) is 0 Å². The van der Waals surface area contributed by atoms with Gasteiger partial charge in [0.25, 0.3) is 6.17 Å². The van der Waals surface area contributed by atoms with E-state index in [1.54, 1.807) is 0 Å². The molecule has 0 aromatic heterocycles. The molecular weight excluding hydrogens is 652 g/mol. The van der Waals surface area contributed by atoms with Gasteiger partial charge in [-0.3, -0.25) is 0 Å². The molecule has 0 amide bonds. The fourth-order valence-corrected chi connectivity index (χ4v) is 2.04. The molecule has 0 aliphatic heterocycles. The van der Waals surface area contributed by atoms with Crippen molar-refractivity contribution in [2.45, 2.75) is 72.5 Å². The third-order valence-electron chi connectivity index (χ3n) is 4.12. The molecule has 0 bridgehead atoms. The largest absolute Gasteiger partial charge is 0.460 e. The first kappa shape index (κ1) is 37.1. The zero-order valence-electron chi connectivity index (χ0n) is 16.4. The van der Waals surface area contributed by atoms with Crippen LogP contribution in [0.2, 0.25) is 0 Å². The first-order valence-electron chi connectivity index (χ1n) is 7.94. The van der Waals surface area contributed by atoms with Crippen LogP contribution in [0.5, 0.6) is 0 Å². The molecule has 0 fully saturated rings. The van der Waals surface area contributed by atoms with E-state index in [9.17, 15) is 114 Å². The van der Waals surface area contributed by atoms with E-state index in [1.165, 1.54) is 0 Å². The molecule has 0 saturated heterocycles. The molecule has 0 aromatic carbocycles. The molecule has 0 rings (SSSR count). The van der Waals surface area contributed by atoms with Crippen LogP contribution in [0.3, 0.4) is 0 Å². The molecule has 0 heterocycles. The number of nitrogens with zero attached hydrogens (tertiary/aromatic N) is 1. The zero-order valence-corrected chi connectivity index (χ0v) is 16.4. The van der Waals surface area contributed by atoms with E-state index in [-0.39, 0.29) is 0 Å². The van der Waals surface area contributed by atoms with Crippen molar-refractivity contribution in [1.82, 2.24) is 4.90 Å². The van der Waals surface area contributed by atoms with Gasteiger partial charge in [0.05, 0.1) is 0 Å². The summed E-state index contributed by atoms with van der Waals surface area (Å²) in [5, 5.41) is 0. The summed E-state index contributed by atoms with van der Waals surface area (Å²) >= 11 is 0. The van der Waals surface area contributed by atoms with Crippen LogP contribution in [0, 0.1) is 0 Å². The first-order valence-corrected chi connectivity index (χ1v) is 7.94. The Kier molecular flexibility index (Phi) is 8.64. The topological polar surface area (TPSA) is 3.24 Å². The third kappa shape index (κ3) is 5.07. The Morgan fingerprint density at radius 3 is 0.744 bits per heavy atom. The summed E-state index contributed by atoms with van der Waals surface area (Å²) in [6, 6.07) is -28.2. The highest BCUT2D eigenvalue weighted by Crippen LogP contribution is 2.63. The van der Waals surface area contributed by atoms with Crippen molar-refractivity contribution in [3.63, 3.8) is 0 Å². The van der Waals surface area contributed by atoms with E-state index >= 15 is 0 Å². The molecule has 1 unspecified atom stereocenters. The minimum absolute atomic E-state index is 5.78. The van der Waals surface area contributed by atoms with E-state index in [1.807, 2.05) is 0 Å². The van der Waals surface area contributed by atoms with Crippen LogP contribution in [0.1, 0.15) is 0 Å². The highest BCUT2D eigenvalue weighted by atomic mass is 19.4. The predicted octanol–water partition coefficient (Wildman–Crippen LogP) is 8.27. The lowest BCUT2D eigenvalue weighted by Gasteiger charge is -2.48. The molecule has 39 heavy (non-hydrogen) atoms. The predicted molar refractivity (Wildman–Crippen MR) is 64.5 cm³/mol. The number of halogens is 26. The van der Waals surface area contributed by atoms with Gasteiger partial charge in [-0.2, -0.15) is 110 Å². The van der Waals surface area contributed by atoms with Crippen molar-refractivity contribution < 1.29 is 114 Å². The van der Waals surface area contributed by atoms with Crippen LogP contribution in [-0.4, -0.2) is 77.4 Å². The fraction of sp³-hybridized carbons (Fsp3) is 1.00. The lowest BCUT2D eigenvalue weighted by Crippen LogP contribution is -2.79. The molecule has 0 radical (unpaired) electrons. The molecule has 0 aliphatic carbocycles. The second-order valence-electron chi connectivity index (χ2n) is 6.78. The van der Waals surface area contributed by atoms with E-state index in [2.05, 4.69) is 0 Å². The van der Waals surface area contributed by atoms with Crippen LogP contribution in [-0.2, 0) is 0 Å². The Morgan fingerprint density at radius 1 is 0.333 bits per heavy atom. The second kappa shape index (κ2) is 9.07. The maximum absolute atomic E-state index is 13.8. The Labute approximate surface area is 193 Å². The van der Waals surface area contributed by atoms with Crippen LogP contribution in [0.15, 0.2) is 0 Å². The lowest BCUT2D eigenvalue weighted by atomic mass is 10.0. The summed E-state index contributed by atoms with van der Waals surface area (Å²) < 4.78 is 336. The smallest absolute Gasteiger partial charge is 0.232 e. The van der Waals surface area contributed by atoms with Gasteiger partial charge in [-0.05, 0) is 0 Å². The Bertz CT molecular complexity index is 819. The highest BCUT2D eigenvalue weighted by Gasteiger charge is 2.93. The third-order valence-corrected chi connectivity index (χ3v) is 4.12. The Balaban J connectivity index is 7.99. The summed E-state index contributed by atoms with van der Waals surface area (Å²) in [6.07, 6.45) is -32.2. The highest BCUT2D eigenvalue weighted by molar-refractivity contribution is 5.10. The minimum atomic E-state index is -9.55. The van der Waals surface area contributed by atoms with Gasteiger partial charge in [-0.25, -0.2) is 4.39 Å². The molecule has 1 atom stereocenters. The first-order chi connectivity index (χ1) is 16.3. The summed E-state index contributed by atoms with van der Waals surface area (Å²) in [4.78, 5) is -5.78. The summed E-state index contributed by atoms with van der Waals surface area (Å²) in [6.45, 7) is 0. The number of rotatable bonds is 9. The maximum atomic E-state index is 13.8. The van der Waals surface area contributed by atoms with Gasteiger partial charge < -0.3 is 0 Å². The normalized spacial score (nSPS) is 17.6. The average Bonchev–Trinajstić information content (AvgIpc) is 2.63. The van der Waals surface area contributed by atoms with Crippen LogP contribution in [0.4, 0.5) is 114 Å². The van der Waals surface area contributed by atoms with E-state index in [0.29, 0.717) is 0 Å². The molecule has 0 aliphatic rings. The van der Waals surface area contributed by atoms with Gasteiger partial charge in [0, 0.05) is 0 Å². The number of hydrogen-bond acceptors (Lipinski definition) is 1. The van der Waals surface area contributed by atoms with Crippen LogP contribution >= 0.6 is 0 Å². The fourth-order valence-electron chi connectivity index (χ4n) is 2.04. The van der Waals surface area contributed by atoms with Crippen molar-refractivity contribution in [2.24, 2.45) is 0 Å². The quantitative estimate of drug-likeness (QED) is 0.179. The van der Waals surface area contributed by atoms with Crippen molar-refractivity contribution in [2.75, 3.05) is 0 Å². The Morgan fingerprint density at radius 2 is 0.564 bits per heavy atom. The maximum Gasteiger partial charge on any atom is 0.460 e. The van der Waals surface area contributed by atoms with Gasteiger partial charge in [0.2, 0.25) is 0 Å². The van der Waals surface area contributed by atoms with Gasteiger partial charge in [-0.15, -0.1) is 4.90 Å². The van der Waals surface area contributed by atoms with E-state index < -0.39 is 77.4 Å². The standard InChI is InChI=1S/C12HF26N/c13-1(2(14,15)8(26,27)28)3(16,17)39(11(35,36)6(22,23)4(18,19)9(29,30)31)12(37,38)7(24,25)5(20,21)10(32,33)34/h1H. The summed E-state index contributed by atoms with van der Waals surface area (Å²) in [5.41, 5.74) is 0. The molecule has 1 nitrogen and oxygen atoms in total. The Hall–Kier alpha value is -1.86. The average molecular weight is 653 g/mol. The van der Waals surface area contributed by atoms with Crippen molar-refractivity contribution >= 4 is 0 Å². The van der Waals surface area contributed by atoms with Crippen molar-refractivity contribution in [3.05, 3.63) is 0 Å². The minimum Gasteiger partial charge on any atom is -0.232 e. The SMILES string of the molecule is FC(C(F)(F)N(C(F)(F)C(F)(F)C(F)(F)C(F)(F)F)C(F)(F)C(F)(F)C(F)(F)C(F)(F)F)C(F)(F)C(F)(F)F. The molecule has 27 heteroatoms.